The molecule has 1 fully saturated rings. The lowest BCUT2D eigenvalue weighted by molar-refractivity contribution is 0.317. The number of piperidine rings is 1. The average molecular weight is 509 g/mol. The van der Waals surface area contributed by atoms with E-state index in [4.69, 9.17) is 0 Å². The maximum atomic E-state index is 12.7. The summed E-state index contributed by atoms with van der Waals surface area (Å²) in [5.74, 6) is 0.180. The normalized spacial score (nSPS) is 16.7. The van der Waals surface area contributed by atoms with Gasteiger partial charge in [-0.25, -0.2) is 17.4 Å². The molecule has 1 aliphatic rings. The molecule has 0 spiro atoms. The monoisotopic (exact) mass is 508 g/mol. The first-order valence-corrected chi connectivity index (χ1v) is 13.9. The first-order valence-electron chi connectivity index (χ1n) is 12.0. The molecule has 0 bridgehead atoms. The fraction of sp³-hybridized carbons (Fsp3) is 0.370. The zero-order valence-electron chi connectivity index (χ0n) is 20.8. The Bertz CT molecular complexity index is 1410. The van der Waals surface area contributed by atoms with Crippen LogP contribution < -0.4 is 5.56 Å². The molecule has 0 aliphatic carbocycles. The van der Waals surface area contributed by atoms with Crippen LogP contribution in [0, 0.1) is 6.92 Å². The molecule has 1 aromatic heterocycles. The van der Waals surface area contributed by atoms with E-state index < -0.39 is 10.0 Å². The van der Waals surface area contributed by atoms with Gasteiger partial charge in [-0.05, 0) is 54.0 Å². The zero-order chi connectivity index (χ0) is 25.9. The first-order chi connectivity index (χ1) is 17.2. The highest BCUT2D eigenvalue weighted by atomic mass is 32.2. The Morgan fingerprint density at radius 1 is 1.11 bits per heavy atom. The van der Waals surface area contributed by atoms with Gasteiger partial charge in [0.15, 0.2) is 0 Å². The second-order valence-corrected chi connectivity index (χ2v) is 11.4. The number of sulfonamides is 1. The molecule has 8 nitrogen and oxygen atoms in total. The predicted octanol–water partition coefficient (Wildman–Crippen LogP) is 3.63. The van der Waals surface area contributed by atoms with Gasteiger partial charge in [-0.2, -0.15) is 5.10 Å². The van der Waals surface area contributed by atoms with Crippen LogP contribution in [-0.4, -0.2) is 52.8 Å². The molecular weight excluding hydrogens is 476 g/mol. The van der Waals surface area contributed by atoms with Crippen LogP contribution in [0.4, 0.5) is 0 Å². The molecule has 1 atom stereocenters. The van der Waals surface area contributed by atoms with Gasteiger partial charge in [0.05, 0.1) is 17.5 Å². The van der Waals surface area contributed by atoms with Crippen molar-refractivity contribution in [1.29, 1.82) is 0 Å². The van der Waals surface area contributed by atoms with Crippen molar-refractivity contribution in [1.82, 2.24) is 14.1 Å². The third-order valence-corrected chi connectivity index (χ3v) is 8.43. The minimum Gasteiger partial charge on any atom is -0.411 e. The highest BCUT2D eigenvalue weighted by Crippen LogP contribution is 2.34. The molecule has 2 aromatic carbocycles. The van der Waals surface area contributed by atoms with E-state index >= 15 is 0 Å². The molecule has 3 aromatic rings. The molecule has 2 heterocycles. The lowest BCUT2D eigenvalue weighted by Crippen LogP contribution is -2.37. The van der Waals surface area contributed by atoms with Gasteiger partial charge >= 0.3 is 0 Å². The van der Waals surface area contributed by atoms with Crippen LogP contribution in [0.3, 0.4) is 0 Å². The van der Waals surface area contributed by atoms with E-state index in [0.717, 1.165) is 29.5 Å². The van der Waals surface area contributed by atoms with Gasteiger partial charge < -0.3 is 5.21 Å². The van der Waals surface area contributed by atoms with Gasteiger partial charge in [0.25, 0.3) is 5.56 Å². The molecule has 0 saturated carbocycles. The van der Waals surface area contributed by atoms with Crippen molar-refractivity contribution in [2.45, 2.75) is 38.0 Å². The Morgan fingerprint density at radius 3 is 2.39 bits per heavy atom. The van der Waals surface area contributed by atoms with Gasteiger partial charge in [0, 0.05) is 38.7 Å². The van der Waals surface area contributed by atoms with E-state index in [1.807, 2.05) is 25.1 Å². The number of oxime groups is 1. The van der Waals surface area contributed by atoms with Crippen molar-refractivity contribution >= 4 is 15.7 Å². The highest BCUT2D eigenvalue weighted by molar-refractivity contribution is 7.88. The number of aryl methyl sites for hydroxylation is 2. The number of hydrogen-bond acceptors (Lipinski definition) is 6. The second-order valence-electron chi connectivity index (χ2n) is 9.44. The molecule has 0 radical (unpaired) electrons. The second kappa shape index (κ2) is 10.8. The van der Waals surface area contributed by atoms with E-state index in [1.54, 1.807) is 17.4 Å². The van der Waals surface area contributed by atoms with E-state index in [1.165, 1.54) is 22.7 Å². The van der Waals surface area contributed by atoms with Crippen molar-refractivity contribution in [3.8, 4) is 0 Å². The van der Waals surface area contributed by atoms with Crippen molar-refractivity contribution in [2.24, 2.45) is 12.2 Å². The van der Waals surface area contributed by atoms with Crippen LogP contribution in [0.5, 0.6) is 0 Å². The van der Waals surface area contributed by atoms with Crippen molar-refractivity contribution in [3.05, 3.63) is 99.0 Å². The molecule has 1 N–H and O–H groups in total. The van der Waals surface area contributed by atoms with Gasteiger partial charge in [-0.3, -0.25) is 4.79 Å². The Kier molecular flexibility index (Phi) is 7.70. The SMILES string of the molecule is Cc1ccccc1C(C/C(=N/O)c1ccnn(C)c1=O)c1ccc(C2CCN(S(C)(=O)=O)CC2)cc1. The summed E-state index contributed by atoms with van der Waals surface area (Å²) in [5.41, 5.74) is 4.76. The highest BCUT2D eigenvalue weighted by Gasteiger charge is 2.26. The summed E-state index contributed by atoms with van der Waals surface area (Å²) >= 11 is 0. The van der Waals surface area contributed by atoms with Crippen molar-refractivity contribution < 1.29 is 13.6 Å². The number of aromatic nitrogens is 2. The summed E-state index contributed by atoms with van der Waals surface area (Å²) in [6, 6.07) is 18.1. The van der Waals surface area contributed by atoms with E-state index in [0.29, 0.717) is 36.7 Å². The number of rotatable bonds is 7. The molecule has 36 heavy (non-hydrogen) atoms. The number of benzene rings is 2. The van der Waals surface area contributed by atoms with Crippen molar-refractivity contribution in [3.63, 3.8) is 0 Å². The molecule has 190 valence electrons. The van der Waals surface area contributed by atoms with E-state index in [-0.39, 0.29) is 11.5 Å². The third kappa shape index (κ3) is 5.57. The van der Waals surface area contributed by atoms with Crippen LogP contribution in [0.15, 0.2) is 70.7 Å². The quantitative estimate of drug-likeness (QED) is 0.298. The summed E-state index contributed by atoms with van der Waals surface area (Å²) < 4.78 is 26.5. The molecule has 9 heteroatoms. The smallest absolute Gasteiger partial charge is 0.275 e. The Morgan fingerprint density at radius 2 is 1.78 bits per heavy atom. The van der Waals surface area contributed by atoms with Gasteiger partial charge in [0.1, 0.15) is 0 Å². The largest absolute Gasteiger partial charge is 0.411 e. The Hall–Kier alpha value is -3.30. The molecule has 1 saturated heterocycles. The summed E-state index contributed by atoms with van der Waals surface area (Å²) in [6.45, 7) is 3.12. The number of hydrogen-bond donors (Lipinski definition) is 1. The minimum absolute atomic E-state index is 0.129. The van der Waals surface area contributed by atoms with Crippen LogP contribution in [0.25, 0.3) is 0 Å². The summed E-state index contributed by atoms with van der Waals surface area (Å²) in [5, 5.41) is 17.4. The van der Waals surface area contributed by atoms with Gasteiger partial charge in [-0.1, -0.05) is 53.7 Å². The summed E-state index contributed by atoms with van der Waals surface area (Å²) in [6.07, 6.45) is 4.71. The maximum absolute atomic E-state index is 12.7. The fourth-order valence-electron chi connectivity index (χ4n) is 5.03. The van der Waals surface area contributed by atoms with Gasteiger partial charge in [-0.15, -0.1) is 0 Å². The predicted molar refractivity (Wildman–Crippen MR) is 140 cm³/mol. The number of nitrogens with zero attached hydrogens (tertiary/aromatic N) is 4. The zero-order valence-corrected chi connectivity index (χ0v) is 21.6. The molecule has 0 amide bonds. The van der Waals surface area contributed by atoms with E-state index in [2.05, 4.69) is 40.6 Å². The molecule has 4 rings (SSSR count). The lowest BCUT2D eigenvalue weighted by atomic mass is 9.82. The molecule has 1 unspecified atom stereocenters. The van der Waals surface area contributed by atoms with Crippen LogP contribution in [0.1, 0.15) is 58.9 Å². The van der Waals surface area contributed by atoms with Crippen LogP contribution in [0.2, 0.25) is 0 Å². The standard InChI is InChI=1S/C27H32N4O4S/c1-19-6-4-5-7-23(19)25(18-26(29-33)24-12-15-28-30(2)27(24)32)22-10-8-20(9-11-22)21-13-16-31(17-14-21)36(3,34)35/h4-12,15,21,25,33H,13-14,16-18H2,1-3H3/b29-26-. The van der Waals surface area contributed by atoms with Crippen LogP contribution in [-0.2, 0) is 17.1 Å². The van der Waals surface area contributed by atoms with Gasteiger partial charge in [0.2, 0.25) is 10.0 Å². The minimum atomic E-state index is -3.15. The van der Waals surface area contributed by atoms with E-state index in [9.17, 15) is 18.4 Å². The Labute approximate surface area is 211 Å². The Balaban J connectivity index is 1.63. The molecule has 1 aliphatic heterocycles. The summed E-state index contributed by atoms with van der Waals surface area (Å²) in [7, 11) is -1.58. The summed E-state index contributed by atoms with van der Waals surface area (Å²) in [4.78, 5) is 12.7. The lowest BCUT2D eigenvalue weighted by Gasteiger charge is -2.30. The maximum Gasteiger partial charge on any atom is 0.275 e. The van der Waals surface area contributed by atoms with Crippen molar-refractivity contribution in [2.75, 3.05) is 19.3 Å². The molecular formula is C27H32N4O4S. The topological polar surface area (TPSA) is 105 Å². The fourth-order valence-corrected chi connectivity index (χ4v) is 5.90. The van der Waals surface area contributed by atoms with Crippen LogP contribution >= 0.6 is 0 Å². The third-order valence-electron chi connectivity index (χ3n) is 7.13. The first kappa shape index (κ1) is 25.8. The average Bonchev–Trinajstić information content (AvgIpc) is 2.87.